The molecule has 0 spiro atoms. The van der Waals surface area contributed by atoms with Crippen molar-refractivity contribution < 1.29 is 9.63 Å². The highest BCUT2D eigenvalue weighted by atomic mass is 16.5. The van der Waals surface area contributed by atoms with Crippen LogP contribution in [0.15, 0.2) is 33.6 Å². The van der Waals surface area contributed by atoms with E-state index in [-0.39, 0.29) is 24.8 Å². The van der Waals surface area contributed by atoms with Gasteiger partial charge >= 0.3 is 0 Å². The summed E-state index contributed by atoms with van der Waals surface area (Å²) in [5, 5.41) is 13.9. The summed E-state index contributed by atoms with van der Waals surface area (Å²) in [6, 6.07) is 7.31. The van der Waals surface area contributed by atoms with Gasteiger partial charge in [-0.2, -0.15) is 4.98 Å². The van der Waals surface area contributed by atoms with Gasteiger partial charge in [-0.1, -0.05) is 17.3 Å². The van der Waals surface area contributed by atoms with Crippen LogP contribution in [0.3, 0.4) is 0 Å². The van der Waals surface area contributed by atoms with Gasteiger partial charge in [0.05, 0.1) is 36.6 Å². The van der Waals surface area contributed by atoms with Gasteiger partial charge in [0.15, 0.2) is 5.82 Å². The van der Waals surface area contributed by atoms with Crippen LogP contribution in [-0.4, -0.2) is 42.8 Å². The van der Waals surface area contributed by atoms with E-state index < -0.39 is 0 Å². The molecule has 3 aromatic rings. The first kappa shape index (κ1) is 16.9. The summed E-state index contributed by atoms with van der Waals surface area (Å²) in [5.74, 6) is 1.86. The van der Waals surface area contributed by atoms with Gasteiger partial charge in [-0.05, 0) is 38.4 Å². The van der Waals surface area contributed by atoms with Crippen molar-refractivity contribution in [2.45, 2.75) is 38.9 Å². The maximum atomic E-state index is 12.9. The number of aryl methyl sites for hydroxylation is 1. The molecule has 1 aliphatic heterocycles. The number of hydrogen-bond acceptors (Lipinski definition) is 7. The summed E-state index contributed by atoms with van der Waals surface area (Å²) >= 11 is 0. The van der Waals surface area contributed by atoms with Gasteiger partial charge in [-0.15, -0.1) is 0 Å². The van der Waals surface area contributed by atoms with Crippen LogP contribution < -0.4 is 5.56 Å². The SMILES string of the molecule is Cc1noc(CN2CCCC2c2nc3ccccc3c(=O)n2CCO)n1. The third-order valence-electron chi connectivity index (χ3n) is 4.78. The molecule has 0 amide bonds. The predicted molar refractivity (Wildman–Crippen MR) is 94.5 cm³/mol. The Morgan fingerprint density at radius 3 is 2.92 bits per heavy atom. The molecule has 2 aromatic heterocycles. The molecule has 4 rings (SSSR count). The van der Waals surface area contributed by atoms with Crippen molar-refractivity contribution in [1.29, 1.82) is 0 Å². The van der Waals surface area contributed by atoms with E-state index in [4.69, 9.17) is 9.51 Å². The molecule has 3 heterocycles. The summed E-state index contributed by atoms with van der Waals surface area (Å²) in [7, 11) is 0. The normalized spacial score (nSPS) is 18.0. The molecule has 26 heavy (non-hydrogen) atoms. The molecule has 0 aliphatic carbocycles. The zero-order valence-corrected chi connectivity index (χ0v) is 14.6. The lowest BCUT2D eigenvalue weighted by Crippen LogP contribution is -2.33. The second-order valence-corrected chi connectivity index (χ2v) is 6.53. The Hall–Kier alpha value is -2.58. The minimum absolute atomic E-state index is 0.0222. The van der Waals surface area contributed by atoms with E-state index in [0.717, 1.165) is 19.4 Å². The lowest BCUT2D eigenvalue weighted by atomic mass is 10.1. The van der Waals surface area contributed by atoms with Crippen molar-refractivity contribution in [2.75, 3.05) is 13.2 Å². The monoisotopic (exact) mass is 355 g/mol. The summed E-state index contributed by atoms with van der Waals surface area (Å²) in [4.78, 5) is 24.2. The first-order valence-electron chi connectivity index (χ1n) is 8.81. The Kier molecular flexibility index (Phi) is 4.52. The predicted octanol–water partition coefficient (Wildman–Crippen LogP) is 1.42. The highest BCUT2D eigenvalue weighted by Crippen LogP contribution is 2.32. The van der Waals surface area contributed by atoms with Crippen LogP contribution in [0.5, 0.6) is 0 Å². The Morgan fingerprint density at radius 1 is 1.31 bits per heavy atom. The highest BCUT2D eigenvalue weighted by Gasteiger charge is 2.31. The molecule has 1 aromatic carbocycles. The summed E-state index contributed by atoms with van der Waals surface area (Å²) in [6.07, 6.45) is 1.89. The summed E-state index contributed by atoms with van der Waals surface area (Å²) in [5.41, 5.74) is 0.572. The third-order valence-corrected chi connectivity index (χ3v) is 4.78. The van der Waals surface area contributed by atoms with Gasteiger partial charge in [0, 0.05) is 0 Å². The van der Waals surface area contributed by atoms with Crippen LogP contribution in [0.2, 0.25) is 0 Å². The van der Waals surface area contributed by atoms with E-state index in [1.807, 2.05) is 18.2 Å². The number of aliphatic hydroxyl groups is 1. The standard InChI is InChI=1S/C18H21N5O3/c1-12-19-16(26-21-12)11-22-8-4-7-15(22)17-20-14-6-3-2-5-13(14)18(25)23(17)9-10-24/h2-3,5-6,15,24H,4,7-11H2,1H3. The van der Waals surface area contributed by atoms with Crippen LogP contribution in [0.1, 0.15) is 36.4 Å². The van der Waals surface area contributed by atoms with Crippen molar-refractivity contribution in [1.82, 2.24) is 24.6 Å². The molecule has 1 unspecified atom stereocenters. The lowest BCUT2D eigenvalue weighted by molar-refractivity contribution is 0.197. The summed E-state index contributed by atoms with van der Waals surface area (Å²) < 4.78 is 6.85. The number of aliphatic hydroxyl groups excluding tert-OH is 1. The zero-order valence-electron chi connectivity index (χ0n) is 14.6. The smallest absolute Gasteiger partial charge is 0.261 e. The Morgan fingerprint density at radius 2 is 2.15 bits per heavy atom. The van der Waals surface area contributed by atoms with Crippen molar-refractivity contribution in [2.24, 2.45) is 0 Å². The number of hydrogen-bond donors (Lipinski definition) is 1. The van der Waals surface area contributed by atoms with E-state index >= 15 is 0 Å². The van der Waals surface area contributed by atoms with Gasteiger partial charge < -0.3 is 9.63 Å². The molecule has 136 valence electrons. The molecule has 1 atom stereocenters. The largest absolute Gasteiger partial charge is 0.395 e. The average Bonchev–Trinajstić information content (AvgIpc) is 3.27. The second kappa shape index (κ2) is 6.97. The molecule has 8 heteroatoms. The molecule has 0 radical (unpaired) electrons. The van der Waals surface area contributed by atoms with E-state index in [9.17, 15) is 9.90 Å². The van der Waals surface area contributed by atoms with Gasteiger partial charge in [0.25, 0.3) is 5.56 Å². The Labute approximate surface area is 150 Å². The van der Waals surface area contributed by atoms with E-state index in [0.29, 0.717) is 35.0 Å². The molecular formula is C18H21N5O3. The van der Waals surface area contributed by atoms with Crippen LogP contribution >= 0.6 is 0 Å². The maximum absolute atomic E-state index is 12.9. The fourth-order valence-electron chi connectivity index (χ4n) is 3.64. The first-order valence-corrected chi connectivity index (χ1v) is 8.81. The molecule has 0 saturated carbocycles. The molecule has 1 saturated heterocycles. The maximum Gasteiger partial charge on any atom is 0.261 e. The van der Waals surface area contributed by atoms with Crippen molar-refractivity contribution in [3.8, 4) is 0 Å². The molecule has 0 bridgehead atoms. The molecule has 1 aliphatic rings. The summed E-state index contributed by atoms with van der Waals surface area (Å²) in [6.45, 7) is 3.30. The molecular weight excluding hydrogens is 334 g/mol. The number of likely N-dealkylation sites (tertiary alicyclic amines) is 1. The number of para-hydroxylation sites is 1. The third kappa shape index (κ3) is 3.02. The average molecular weight is 355 g/mol. The van der Waals surface area contributed by atoms with Crippen LogP contribution in [0.4, 0.5) is 0 Å². The topological polar surface area (TPSA) is 97.3 Å². The van der Waals surface area contributed by atoms with Crippen LogP contribution in [0.25, 0.3) is 10.9 Å². The fraction of sp³-hybridized carbons (Fsp3) is 0.444. The number of aromatic nitrogens is 4. The molecule has 8 nitrogen and oxygen atoms in total. The van der Waals surface area contributed by atoms with E-state index in [2.05, 4.69) is 15.0 Å². The quantitative estimate of drug-likeness (QED) is 0.739. The van der Waals surface area contributed by atoms with Gasteiger partial charge in [0.1, 0.15) is 5.82 Å². The van der Waals surface area contributed by atoms with Crippen LogP contribution in [0, 0.1) is 6.92 Å². The molecule has 1 N–H and O–H groups in total. The number of fused-ring (bicyclic) bond motifs is 1. The highest BCUT2D eigenvalue weighted by molar-refractivity contribution is 5.77. The van der Waals surface area contributed by atoms with Gasteiger partial charge in [-0.3, -0.25) is 14.3 Å². The van der Waals surface area contributed by atoms with E-state index in [1.165, 1.54) is 0 Å². The first-order chi connectivity index (χ1) is 12.7. The second-order valence-electron chi connectivity index (χ2n) is 6.53. The van der Waals surface area contributed by atoms with Crippen molar-refractivity contribution in [3.05, 3.63) is 52.2 Å². The fourth-order valence-corrected chi connectivity index (χ4v) is 3.64. The zero-order chi connectivity index (χ0) is 18.1. The van der Waals surface area contributed by atoms with Crippen molar-refractivity contribution >= 4 is 10.9 Å². The van der Waals surface area contributed by atoms with Crippen LogP contribution in [-0.2, 0) is 13.1 Å². The number of nitrogens with zero attached hydrogens (tertiary/aromatic N) is 5. The van der Waals surface area contributed by atoms with Crippen molar-refractivity contribution in [3.63, 3.8) is 0 Å². The number of rotatable bonds is 5. The Balaban J connectivity index is 1.76. The Bertz CT molecular complexity index is 980. The minimum atomic E-state index is -0.111. The van der Waals surface area contributed by atoms with Gasteiger partial charge in [-0.25, -0.2) is 4.98 Å². The van der Waals surface area contributed by atoms with Gasteiger partial charge in [0.2, 0.25) is 5.89 Å². The van der Waals surface area contributed by atoms with E-state index in [1.54, 1.807) is 17.6 Å². The minimum Gasteiger partial charge on any atom is -0.395 e. The number of benzene rings is 1. The lowest BCUT2D eigenvalue weighted by Gasteiger charge is -2.25. The molecule has 1 fully saturated rings.